The molecule has 4 nitrogen and oxygen atoms in total. The molecule has 1 aliphatic heterocycles. The molecule has 1 aromatic heterocycles. The van der Waals surface area contributed by atoms with E-state index in [1.54, 1.807) is 11.3 Å². The summed E-state index contributed by atoms with van der Waals surface area (Å²) in [5.74, 6) is -0.196. The van der Waals surface area contributed by atoms with E-state index in [9.17, 15) is 4.79 Å². The first kappa shape index (κ1) is 10.6. The Morgan fingerprint density at radius 1 is 1.67 bits per heavy atom. The van der Waals surface area contributed by atoms with E-state index in [1.807, 2.05) is 17.5 Å². The van der Waals surface area contributed by atoms with Gasteiger partial charge in [-0.2, -0.15) is 0 Å². The van der Waals surface area contributed by atoms with Crippen molar-refractivity contribution in [1.82, 2.24) is 5.32 Å². The average Bonchev–Trinajstić information content (AvgIpc) is 2.84. The molecule has 5 heteroatoms. The molecule has 0 spiro atoms. The van der Waals surface area contributed by atoms with Crippen LogP contribution in [0.1, 0.15) is 4.88 Å². The summed E-state index contributed by atoms with van der Waals surface area (Å²) >= 11 is 1.63. The van der Waals surface area contributed by atoms with Crippen LogP contribution in [0.2, 0.25) is 0 Å². The van der Waals surface area contributed by atoms with Gasteiger partial charge in [-0.1, -0.05) is 6.07 Å². The zero-order valence-corrected chi connectivity index (χ0v) is 9.13. The zero-order chi connectivity index (χ0) is 10.7. The van der Waals surface area contributed by atoms with Crippen LogP contribution in [-0.4, -0.2) is 25.2 Å². The molecule has 1 saturated heterocycles. The van der Waals surface area contributed by atoms with Crippen molar-refractivity contribution in [2.45, 2.75) is 12.6 Å². The SMILES string of the molecule is NC1COCC1C(=O)NCc1cccs1. The topological polar surface area (TPSA) is 64.3 Å². The molecule has 2 rings (SSSR count). The van der Waals surface area contributed by atoms with E-state index in [0.717, 1.165) is 4.88 Å². The van der Waals surface area contributed by atoms with Gasteiger partial charge in [0.15, 0.2) is 0 Å². The molecular formula is C10H14N2O2S. The van der Waals surface area contributed by atoms with Gasteiger partial charge in [-0.25, -0.2) is 0 Å². The number of ether oxygens (including phenoxy) is 1. The predicted molar refractivity (Wildman–Crippen MR) is 58.5 cm³/mol. The molecular weight excluding hydrogens is 212 g/mol. The number of carbonyl (C=O) groups excluding carboxylic acids is 1. The maximum absolute atomic E-state index is 11.7. The first-order chi connectivity index (χ1) is 7.27. The Labute approximate surface area is 92.4 Å². The van der Waals surface area contributed by atoms with Crippen molar-refractivity contribution in [2.24, 2.45) is 11.7 Å². The van der Waals surface area contributed by atoms with Gasteiger partial charge in [-0.15, -0.1) is 11.3 Å². The van der Waals surface area contributed by atoms with Gasteiger partial charge in [-0.05, 0) is 11.4 Å². The second-order valence-corrected chi connectivity index (χ2v) is 4.64. The lowest BCUT2D eigenvalue weighted by Crippen LogP contribution is -2.40. The van der Waals surface area contributed by atoms with Crippen LogP contribution < -0.4 is 11.1 Å². The third kappa shape index (κ3) is 2.56. The van der Waals surface area contributed by atoms with Crippen molar-refractivity contribution in [1.29, 1.82) is 0 Å². The number of hydrogen-bond donors (Lipinski definition) is 2. The van der Waals surface area contributed by atoms with E-state index in [1.165, 1.54) is 0 Å². The quantitative estimate of drug-likeness (QED) is 0.781. The highest BCUT2D eigenvalue weighted by Crippen LogP contribution is 2.13. The smallest absolute Gasteiger partial charge is 0.227 e. The van der Waals surface area contributed by atoms with Crippen LogP contribution in [0.4, 0.5) is 0 Å². The molecule has 1 aliphatic rings. The fourth-order valence-corrected chi connectivity index (χ4v) is 2.20. The predicted octanol–water partition coefficient (Wildman–Crippen LogP) is 0.338. The van der Waals surface area contributed by atoms with Crippen molar-refractivity contribution in [3.63, 3.8) is 0 Å². The maximum Gasteiger partial charge on any atom is 0.227 e. The fourth-order valence-electron chi connectivity index (χ4n) is 1.56. The summed E-state index contributed by atoms with van der Waals surface area (Å²) in [7, 11) is 0. The van der Waals surface area contributed by atoms with Gasteiger partial charge >= 0.3 is 0 Å². The summed E-state index contributed by atoms with van der Waals surface area (Å²) in [6, 6.07) is 3.81. The average molecular weight is 226 g/mol. The van der Waals surface area contributed by atoms with Crippen molar-refractivity contribution >= 4 is 17.2 Å². The minimum absolute atomic E-state index is 0.00611. The molecule has 82 valence electrons. The first-order valence-corrected chi connectivity index (χ1v) is 5.79. The van der Waals surface area contributed by atoms with Crippen LogP contribution in [0, 0.1) is 5.92 Å². The Balaban J connectivity index is 1.82. The molecule has 0 aliphatic carbocycles. The van der Waals surface area contributed by atoms with Crippen LogP contribution in [0.5, 0.6) is 0 Å². The van der Waals surface area contributed by atoms with Crippen molar-refractivity contribution < 1.29 is 9.53 Å². The van der Waals surface area contributed by atoms with Crippen LogP contribution >= 0.6 is 11.3 Å². The monoisotopic (exact) mass is 226 g/mol. The van der Waals surface area contributed by atoms with Crippen molar-refractivity contribution in [3.05, 3.63) is 22.4 Å². The molecule has 0 bridgehead atoms. The van der Waals surface area contributed by atoms with E-state index in [0.29, 0.717) is 19.8 Å². The molecule has 15 heavy (non-hydrogen) atoms. The minimum Gasteiger partial charge on any atom is -0.379 e. The highest BCUT2D eigenvalue weighted by Gasteiger charge is 2.30. The minimum atomic E-state index is -0.190. The lowest BCUT2D eigenvalue weighted by atomic mass is 10.0. The largest absolute Gasteiger partial charge is 0.379 e. The Morgan fingerprint density at radius 3 is 3.13 bits per heavy atom. The molecule has 1 amide bonds. The third-order valence-corrected chi connectivity index (χ3v) is 3.35. The number of nitrogens with one attached hydrogen (secondary N) is 1. The third-order valence-electron chi connectivity index (χ3n) is 2.48. The standard InChI is InChI=1S/C10H14N2O2S/c11-9-6-14-5-8(9)10(13)12-4-7-2-1-3-15-7/h1-3,8-9H,4-6,11H2,(H,12,13). The number of thiophene rings is 1. The van der Waals surface area contributed by atoms with E-state index < -0.39 is 0 Å². The van der Waals surface area contributed by atoms with Gasteiger partial charge in [0.25, 0.3) is 0 Å². The van der Waals surface area contributed by atoms with Gasteiger partial charge in [-0.3, -0.25) is 4.79 Å². The van der Waals surface area contributed by atoms with Crippen LogP contribution in [0.3, 0.4) is 0 Å². The van der Waals surface area contributed by atoms with E-state index in [2.05, 4.69) is 5.32 Å². The Bertz CT molecular complexity index is 326. The highest BCUT2D eigenvalue weighted by molar-refractivity contribution is 7.09. The molecule has 0 radical (unpaired) electrons. The van der Waals surface area contributed by atoms with Gasteiger partial charge in [0, 0.05) is 10.9 Å². The van der Waals surface area contributed by atoms with E-state index >= 15 is 0 Å². The fraction of sp³-hybridized carbons (Fsp3) is 0.500. The molecule has 0 saturated carbocycles. The van der Waals surface area contributed by atoms with Crippen LogP contribution in [0.25, 0.3) is 0 Å². The lowest BCUT2D eigenvalue weighted by molar-refractivity contribution is -0.125. The van der Waals surface area contributed by atoms with Crippen LogP contribution in [0.15, 0.2) is 17.5 Å². The van der Waals surface area contributed by atoms with E-state index in [4.69, 9.17) is 10.5 Å². The number of nitrogens with two attached hydrogens (primary N) is 1. The summed E-state index contributed by atoms with van der Waals surface area (Å²) < 4.78 is 5.14. The number of hydrogen-bond acceptors (Lipinski definition) is 4. The first-order valence-electron chi connectivity index (χ1n) is 4.91. The van der Waals surface area contributed by atoms with Gasteiger partial charge in [0.05, 0.1) is 25.7 Å². The van der Waals surface area contributed by atoms with Crippen LogP contribution in [-0.2, 0) is 16.1 Å². The second kappa shape index (κ2) is 4.74. The lowest BCUT2D eigenvalue weighted by Gasteiger charge is -2.12. The molecule has 2 atom stereocenters. The molecule has 1 fully saturated rings. The molecule has 0 aromatic carbocycles. The summed E-state index contributed by atoms with van der Waals surface area (Å²) in [5, 5.41) is 4.86. The Morgan fingerprint density at radius 2 is 2.53 bits per heavy atom. The normalized spacial score (nSPS) is 25.4. The van der Waals surface area contributed by atoms with Gasteiger partial charge < -0.3 is 15.8 Å². The van der Waals surface area contributed by atoms with Gasteiger partial charge in [0.2, 0.25) is 5.91 Å². The number of carbonyl (C=O) groups is 1. The van der Waals surface area contributed by atoms with Gasteiger partial charge in [0.1, 0.15) is 0 Å². The number of rotatable bonds is 3. The summed E-state index contributed by atoms with van der Waals surface area (Å²) in [5.41, 5.74) is 5.75. The maximum atomic E-state index is 11.7. The Hall–Kier alpha value is -0.910. The summed E-state index contributed by atoms with van der Waals surface area (Å²) in [6.45, 7) is 1.51. The number of amides is 1. The molecule has 2 unspecified atom stereocenters. The van der Waals surface area contributed by atoms with Crippen molar-refractivity contribution in [2.75, 3.05) is 13.2 Å². The molecule has 1 aromatic rings. The summed E-state index contributed by atoms with van der Waals surface area (Å²) in [4.78, 5) is 12.8. The zero-order valence-electron chi connectivity index (χ0n) is 8.31. The van der Waals surface area contributed by atoms with E-state index in [-0.39, 0.29) is 17.9 Å². The molecule has 3 N–H and O–H groups in total. The highest BCUT2D eigenvalue weighted by atomic mass is 32.1. The second-order valence-electron chi connectivity index (χ2n) is 3.60. The Kier molecular flexibility index (Phi) is 3.35. The van der Waals surface area contributed by atoms with Crippen molar-refractivity contribution in [3.8, 4) is 0 Å². The molecule has 2 heterocycles. The summed E-state index contributed by atoms with van der Waals surface area (Å²) in [6.07, 6.45) is 0.